The molecular formula is C20H36O4. The van der Waals surface area contributed by atoms with Crippen molar-refractivity contribution >= 4 is 11.8 Å². The monoisotopic (exact) mass is 340 g/mol. The summed E-state index contributed by atoms with van der Waals surface area (Å²) in [6, 6.07) is 0. The maximum Gasteiger partial charge on any atom is 0.336 e. The van der Waals surface area contributed by atoms with Crippen LogP contribution in [0.25, 0.3) is 0 Å². The number of allylic oxidation sites excluding steroid dienone is 1. The van der Waals surface area contributed by atoms with Gasteiger partial charge in [0.1, 0.15) is 6.10 Å². The molecule has 4 nitrogen and oxygen atoms in total. The van der Waals surface area contributed by atoms with Crippen LogP contribution >= 0.6 is 0 Å². The van der Waals surface area contributed by atoms with Gasteiger partial charge in [0.2, 0.25) is 0 Å². The molecule has 0 aromatic rings. The summed E-state index contributed by atoms with van der Waals surface area (Å²) in [5.41, 5.74) is 0.0667. The fraction of sp³-hybridized carbons (Fsp3) is 0.800. The lowest BCUT2D eigenvalue weighted by atomic mass is 10.0. The maximum absolute atomic E-state index is 11.6. The van der Waals surface area contributed by atoms with Crippen LogP contribution in [0.2, 0.25) is 0 Å². The standard InChI is InChI=1S/C20H36O4/c1-4-5-6-7-8-9-10-11-12-13-14-15-16-18(20(23)24-3)19(22)17(2)21/h16,19,22H,4-15H2,1-3H3/b18-16+/t19-/m1/s1. The number of ether oxygens (including phenoxy) is 1. The Balaban J connectivity index is 3.77. The molecule has 0 unspecified atom stereocenters. The van der Waals surface area contributed by atoms with Gasteiger partial charge >= 0.3 is 5.97 Å². The van der Waals surface area contributed by atoms with Gasteiger partial charge in [0.15, 0.2) is 5.78 Å². The van der Waals surface area contributed by atoms with E-state index in [2.05, 4.69) is 11.7 Å². The van der Waals surface area contributed by atoms with Gasteiger partial charge in [0.25, 0.3) is 0 Å². The quantitative estimate of drug-likeness (QED) is 0.266. The second kappa shape index (κ2) is 15.4. The van der Waals surface area contributed by atoms with Gasteiger partial charge in [-0.1, -0.05) is 77.2 Å². The second-order valence-corrected chi connectivity index (χ2v) is 6.49. The summed E-state index contributed by atoms with van der Waals surface area (Å²) in [7, 11) is 1.26. The van der Waals surface area contributed by atoms with Crippen LogP contribution in [-0.2, 0) is 14.3 Å². The van der Waals surface area contributed by atoms with E-state index >= 15 is 0 Å². The van der Waals surface area contributed by atoms with E-state index in [0.29, 0.717) is 6.42 Å². The van der Waals surface area contributed by atoms with E-state index in [1.807, 2.05) is 0 Å². The largest absolute Gasteiger partial charge is 0.466 e. The molecule has 0 radical (unpaired) electrons. The third-order valence-corrected chi connectivity index (χ3v) is 4.27. The number of carbonyl (C=O) groups excluding carboxylic acids is 2. The highest BCUT2D eigenvalue weighted by molar-refractivity contribution is 5.98. The molecule has 0 bridgehead atoms. The fourth-order valence-corrected chi connectivity index (χ4v) is 2.71. The van der Waals surface area contributed by atoms with Crippen LogP contribution in [0.4, 0.5) is 0 Å². The van der Waals surface area contributed by atoms with Crippen molar-refractivity contribution in [2.75, 3.05) is 7.11 Å². The van der Waals surface area contributed by atoms with Crippen LogP contribution in [0, 0.1) is 0 Å². The first-order chi connectivity index (χ1) is 11.5. The highest BCUT2D eigenvalue weighted by Gasteiger charge is 2.22. The van der Waals surface area contributed by atoms with E-state index in [-0.39, 0.29) is 5.57 Å². The molecule has 140 valence electrons. The predicted molar refractivity (Wildman–Crippen MR) is 97.9 cm³/mol. The summed E-state index contributed by atoms with van der Waals surface area (Å²) in [6.07, 6.45) is 14.9. The molecule has 0 saturated heterocycles. The first-order valence-electron chi connectivity index (χ1n) is 9.51. The molecule has 0 saturated carbocycles. The molecule has 0 rings (SSSR count). The average Bonchev–Trinajstić information content (AvgIpc) is 2.57. The average molecular weight is 341 g/mol. The number of Topliss-reactive ketones (excluding diaryl/α,β-unsaturated/α-hetero) is 1. The molecule has 1 atom stereocenters. The Bertz CT molecular complexity index is 374. The Morgan fingerprint density at radius 3 is 1.79 bits per heavy atom. The summed E-state index contributed by atoms with van der Waals surface area (Å²) >= 11 is 0. The number of aliphatic hydroxyl groups excluding tert-OH is 1. The van der Waals surface area contributed by atoms with Crippen molar-refractivity contribution in [3.05, 3.63) is 11.6 Å². The molecule has 0 fully saturated rings. The zero-order chi connectivity index (χ0) is 18.2. The lowest BCUT2D eigenvalue weighted by Crippen LogP contribution is -2.25. The molecule has 0 amide bonds. The molecule has 0 spiro atoms. The zero-order valence-corrected chi connectivity index (χ0v) is 15.8. The number of rotatable bonds is 15. The number of unbranched alkanes of at least 4 members (excludes halogenated alkanes) is 11. The highest BCUT2D eigenvalue weighted by atomic mass is 16.5. The highest BCUT2D eigenvalue weighted by Crippen LogP contribution is 2.14. The van der Waals surface area contributed by atoms with Crippen LogP contribution in [0.5, 0.6) is 0 Å². The van der Waals surface area contributed by atoms with Gasteiger partial charge < -0.3 is 9.84 Å². The molecule has 4 heteroatoms. The van der Waals surface area contributed by atoms with Crippen molar-refractivity contribution in [1.29, 1.82) is 0 Å². The Kier molecular flexibility index (Phi) is 14.6. The Morgan fingerprint density at radius 1 is 0.917 bits per heavy atom. The van der Waals surface area contributed by atoms with Gasteiger partial charge in [-0.2, -0.15) is 0 Å². The molecule has 0 aliphatic heterocycles. The van der Waals surface area contributed by atoms with Crippen LogP contribution < -0.4 is 0 Å². The van der Waals surface area contributed by atoms with Gasteiger partial charge in [-0.05, 0) is 19.8 Å². The van der Waals surface area contributed by atoms with E-state index < -0.39 is 17.9 Å². The normalized spacial score (nSPS) is 12.9. The summed E-state index contributed by atoms with van der Waals surface area (Å²) in [6.45, 7) is 3.51. The third-order valence-electron chi connectivity index (χ3n) is 4.27. The first-order valence-corrected chi connectivity index (χ1v) is 9.51. The molecule has 0 aromatic heterocycles. The van der Waals surface area contributed by atoms with Crippen molar-refractivity contribution in [2.24, 2.45) is 0 Å². The molecule has 1 N–H and O–H groups in total. The zero-order valence-electron chi connectivity index (χ0n) is 15.8. The molecule has 24 heavy (non-hydrogen) atoms. The minimum absolute atomic E-state index is 0.0667. The number of esters is 1. The Morgan fingerprint density at radius 2 is 1.38 bits per heavy atom. The van der Waals surface area contributed by atoms with Crippen molar-refractivity contribution < 1.29 is 19.4 Å². The van der Waals surface area contributed by atoms with Gasteiger partial charge in [-0.15, -0.1) is 0 Å². The third kappa shape index (κ3) is 11.4. The Labute approximate surface area is 147 Å². The van der Waals surface area contributed by atoms with Gasteiger partial charge in [0, 0.05) is 0 Å². The first kappa shape index (κ1) is 22.8. The van der Waals surface area contributed by atoms with Gasteiger partial charge in [-0.3, -0.25) is 4.79 Å². The van der Waals surface area contributed by atoms with Crippen molar-refractivity contribution in [2.45, 2.75) is 97.0 Å². The lowest BCUT2D eigenvalue weighted by molar-refractivity contribution is -0.139. The van der Waals surface area contributed by atoms with Crippen LogP contribution in [-0.4, -0.2) is 30.1 Å². The molecule has 0 aliphatic carbocycles. The van der Waals surface area contributed by atoms with E-state index in [4.69, 9.17) is 0 Å². The van der Waals surface area contributed by atoms with E-state index in [0.717, 1.165) is 12.8 Å². The van der Waals surface area contributed by atoms with E-state index in [9.17, 15) is 14.7 Å². The van der Waals surface area contributed by atoms with Gasteiger partial charge in [0.05, 0.1) is 12.7 Å². The van der Waals surface area contributed by atoms with Crippen molar-refractivity contribution in [1.82, 2.24) is 0 Å². The predicted octanol–water partition coefficient (Wildman–Crippen LogP) is 4.74. The van der Waals surface area contributed by atoms with E-state index in [1.165, 1.54) is 71.8 Å². The lowest BCUT2D eigenvalue weighted by Gasteiger charge is -2.10. The number of methoxy groups -OCH3 is 1. The summed E-state index contributed by atoms with van der Waals surface area (Å²) < 4.78 is 4.62. The molecule has 0 heterocycles. The number of aliphatic hydroxyl groups is 1. The molecule has 0 aliphatic rings. The smallest absolute Gasteiger partial charge is 0.336 e. The molecular weight excluding hydrogens is 304 g/mol. The summed E-state index contributed by atoms with van der Waals surface area (Å²) in [4.78, 5) is 22.8. The fourth-order valence-electron chi connectivity index (χ4n) is 2.71. The van der Waals surface area contributed by atoms with Gasteiger partial charge in [-0.25, -0.2) is 4.79 Å². The number of carbonyl (C=O) groups is 2. The van der Waals surface area contributed by atoms with Crippen LogP contribution in [0.15, 0.2) is 11.6 Å². The van der Waals surface area contributed by atoms with Crippen molar-refractivity contribution in [3.63, 3.8) is 0 Å². The minimum atomic E-state index is -1.37. The Hall–Kier alpha value is -1.16. The topological polar surface area (TPSA) is 63.6 Å². The number of hydrogen-bond acceptors (Lipinski definition) is 4. The number of hydrogen-bond donors (Lipinski definition) is 1. The molecule has 0 aromatic carbocycles. The number of ketones is 1. The summed E-state index contributed by atoms with van der Waals surface area (Å²) in [5, 5.41) is 9.75. The SMILES string of the molecule is CCCCCCCCCCCCC/C=C(/C(=O)OC)[C@H](O)C(C)=O. The summed E-state index contributed by atoms with van der Waals surface area (Å²) in [5.74, 6) is -1.06. The van der Waals surface area contributed by atoms with Crippen molar-refractivity contribution in [3.8, 4) is 0 Å². The van der Waals surface area contributed by atoms with Crippen LogP contribution in [0.3, 0.4) is 0 Å². The maximum atomic E-state index is 11.6. The van der Waals surface area contributed by atoms with Crippen LogP contribution in [0.1, 0.15) is 90.9 Å². The minimum Gasteiger partial charge on any atom is -0.466 e. The second-order valence-electron chi connectivity index (χ2n) is 6.49. The van der Waals surface area contributed by atoms with E-state index in [1.54, 1.807) is 6.08 Å².